The Kier molecular flexibility index (Phi) is 8.15. The summed E-state index contributed by atoms with van der Waals surface area (Å²) in [5.74, 6) is -0.0409. The Hall–Kier alpha value is -2.57. The summed E-state index contributed by atoms with van der Waals surface area (Å²) in [7, 11) is 0. The molecule has 1 aromatic carbocycles. The average molecular weight is 443 g/mol. The number of benzene rings is 1. The first-order chi connectivity index (χ1) is 15.3. The van der Waals surface area contributed by atoms with Gasteiger partial charge < -0.3 is 20.0 Å². The van der Waals surface area contributed by atoms with Crippen LogP contribution >= 0.6 is 0 Å². The normalized spacial score (nSPS) is 19.6. The Labute approximate surface area is 192 Å². The minimum Gasteiger partial charge on any atom is -0.336 e. The lowest BCUT2D eigenvalue weighted by atomic mass is 9.95. The second-order valence-corrected chi connectivity index (χ2v) is 9.08. The second-order valence-electron chi connectivity index (χ2n) is 9.08. The highest BCUT2D eigenvalue weighted by molar-refractivity contribution is 5.97. The highest BCUT2D eigenvalue weighted by Gasteiger charge is 2.29. The van der Waals surface area contributed by atoms with E-state index < -0.39 is 0 Å². The molecule has 4 amide bonds. The van der Waals surface area contributed by atoms with E-state index in [0.29, 0.717) is 44.6 Å². The van der Waals surface area contributed by atoms with Crippen LogP contribution in [-0.4, -0.2) is 71.3 Å². The van der Waals surface area contributed by atoms with Crippen LogP contribution in [0.15, 0.2) is 18.2 Å². The molecule has 32 heavy (non-hydrogen) atoms. The lowest BCUT2D eigenvalue weighted by Gasteiger charge is -2.34. The maximum Gasteiger partial charge on any atom is 0.319 e. The van der Waals surface area contributed by atoms with Gasteiger partial charge in [-0.15, -0.1) is 0 Å². The molecular formula is C25H38N4O3. The number of hydrogen-bond acceptors (Lipinski definition) is 3. The zero-order chi connectivity index (χ0) is 23.3. The number of aryl methyl sites for hydroxylation is 1. The van der Waals surface area contributed by atoms with Gasteiger partial charge in [-0.3, -0.25) is 9.59 Å². The maximum atomic E-state index is 12.9. The van der Waals surface area contributed by atoms with E-state index in [1.54, 1.807) is 0 Å². The van der Waals surface area contributed by atoms with Crippen molar-refractivity contribution in [1.82, 2.24) is 14.7 Å². The third kappa shape index (κ3) is 5.43. The molecule has 1 aromatic rings. The van der Waals surface area contributed by atoms with E-state index in [-0.39, 0.29) is 29.8 Å². The van der Waals surface area contributed by atoms with Gasteiger partial charge in [-0.1, -0.05) is 0 Å². The topological polar surface area (TPSA) is 73.0 Å². The summed E-state index contributed by atoms with van der Waals surface area (Å²) >= 11 is 0. The number of rotatable bonds is 5. The van der Waals surface area contributed by atoms with Gasteiger partial charge in [0.05, 0.1) is 0 Å². The predicted octanol–water partition coefficient (Wildman–Crippen LogP) is 4.12. The van der Waals surface area contributed by atoms with Crippen molar-refractivity contribution in [2.24, 2.45) is 5.92 Å². The highest BCUT2D eigenvalue weighted by Crippen LogP contribution is 2.24. The lowest BCUT2D eigenvalue weighted by Crippen LogP contribution is -2.47. The van der Waals surface area contributed by atoms with Crippen LogP contribution in [0.3, 0.4) is 0 Å². The predicted molar refractivity (Wildman–Crippen MR) is 127 cm³/mol. The molecule has 7 nitrogen and oxygen atoms in total. The molecule has 2 aliphatic heterocycles. The average Bonchev–Trinajstić information content (AvgIpc) is 2.81. The summed E-state index contributed by atoms with van der Waals surface area (Å²) in [5.41, 5.74) is 2.32. The maximum absolute atomic E-state index is 12.9. The molecule has 0 aromatic heterocycles. The summed E-state index contributed by atoms with van der Waals surface area (Å²) < 4.78 is 0. The molecule has 0 spiro atoms. The fourth-order valence-corrected chi connectivity index (χ4v) is 4.76. The molecule has 7 heteroatoms. The van der Waals surface area contributed by atoms with Crippen LogP contribution < -0.4 is 5.32 Å². The number of nitrogens with one attached hydrogen (secondary N) is 1. The van der Waals surface area contributed by atoms with Crippen LogP contribution in [-0.2, 0) is 4.79 Å². The fourth-order valence-electron chi connectivity index (χ4n) is 4.76. The van der Waals surface area contributed by atoms with Crippen LogP contribution in [0.2, 0.25) is 0 Å². The van der Waals surface area contributed by atoms with E-state index in [2.05, 4.69) is 12.2 Å². The van der Waals surface area contributed by atoms with Crippen molar-refractivity contribution in [3.05, 3.63) is 29.3 Å². The van der Waals surface area contributed by atoms with E-state index in [0.717, 1.165) is 30.6 Å². The Morgan fingerprint density at radius 2 is 1.72 bits per heavy atom. The first-order valence-electron chi connectivity index (χ1n) is 12.1. The molecule has 0 saturated carbocycles. The Balaban J connectivity index is 1.56. The van der Waals surface area contributed by atoms with Crippen molar-refractivity contribution >= 4 is 23.5 Å². The number of urea groups is 1. The summed E-state index contributed by atoms with van der Waals surface area (Å²) in [6.45, 7) is 11.4. The van der Waals surface area contributed by atoms with Crippen LogP contribution in [0.4, 0.5) is 10.5 Å². The molecule has 176 valence electrons. The monoisotopic (exact) mass is 442 g/mol. The van der Waals surface area contributed by atoms with Gasteiger partial charge in [-0.05, 0) is 83.6 Å². The minimum atomic E-state index is -0.106. The fraction of sp³-hybridized carbons (Fsp3) is 0.640. The number of carbonyl (C=O) groups is 3. The molecule has 3 rings (SSSR count). The van der Waals surface area contributed by atoms with Crippen LogP contribution in [0.5, 0.6) is 0 Å². The first-order valence-corrected chi connectivity index (χ1v) is 12.1. The van der Waals surface area contributed by atoms with Crippen molar-refractivity contribution in [2.75, 3.05) is 38.0 Å². The van der Waals surface area contributed by atoms with E-state index in [4.69, 9.17) is 0 Å². The zero-order valence-electron chi connectivity index (χ0n) is 20.0. The molecule has 2 aliphatic rings. The third-order valence-electron chi connectivity index (χ3n) is 6.97. The lowest BCUT2D eigenvalue weighted by molar-refractivity contribution is -0.121. The van der Waals surface area contributed by atoms with E-state index in [9.17, 15) is 14.4 Å². The van der Waals surface area contributed by atoms with Gasteiger partial charge in [0.25, 0.3) is 5.91 Å². The van der Waals surface area contributed by atoms with Gasteiger partial charge in [0.15, 0.2) is 0 Å². The van der Waals surface area contributed by atoms with Gasteiger partial charge in [0, 0.05) is 55.9 Å². The van der Waals surface area contributed by atoms with Crippen molar-refractivity contribution in [2.45, 2.75) is 65.8 Å². The third-order valence-corrected chi connectivity index (χ3v) is 6.97. The number of hydrogen-bond donors (Lipinski definition) is 1. The highest BCUT2D eigenvalue weighted by atomic mass is 16.2. The summed E-state index contributed by atoms with van der Waals surface area (Å²) in [6.07, 6.45) is 4.63. The quantitative estimate of drug-likeness (QED) is 0.745. The van der Waals surface area contributed by atoms with Crippen molar-refractivity contribution in [3.63, 3.8) is 0 Å². The Morgan fingerprint density at radius 3 is 2.31 bits per heavy atom. The number of nitrogens with zero attached hydrogens (tertiary/aromatic N) is 3. The molecule has 0 aliphatic carbocycles. The van der Waals surface area contributed by atoms with Gasteiger partial charge in [0.2, 0.25) is 5.91 Å². The molecule has 1 unspecified atom stereocenters. The number of amides is 4. The van der Waals surface area contributed by atoms with E-state index in [1.165, 1.54) is 6.42 Å². The van der Waals surface area contributed by atoms with Gasteiger partial charge in [0.1, 0.15) is 0 Å². The summed E-state index contributed by atoms with van der Waals surface area (Å²) in [6, 6.07) is 5.87. The Morgan fingerprint density at radius 1 is 1.03 bits per heavy atom. The van der Waals surface area contributed by atoms with Crippen LogP contribution in [0.25, 0.3) is 0 Å². The molecule has 2 fully saturated rings. The Bertz CT molecular complexity index is 828. The largest absolute Gasteiger partial charge is 0.336 e. The minimum absolute atomic E-state index is 0.00762. The van der Waals surface area contributed by atoms with Crippen molar-refractivity contribution < 1.29 is 14.4 Å². The number of anilines is 1. The number of likely N-dealkylation sites (tertiary alicyclic amines) is 2. The van der Waals surface area contributed by atoms with Crippen LogP contribution in [0, 0.1) is 12.8 Å². The molecule has 2 heterocycles. The first kappa shape index (κ1) is 24.1. The molecule has 1 atom stereocenters. The molecule has 2 saturated heterocycles. The van der Waals surface area contributed by atoms with E-state index >= 15 is 0 Å². The van der Waals surface area contributed by atoms with Gasteiger partial charge in [-0.2, -0.15) is 0 Å². The van der Waals surface area contributed by atoms with Crippen LogP contribution in [0.1, 0.15) is 68.8 Å². The van der Waals surface area contributed by atoms with Crippen molar-refractivity contribution in [1.29, 1.82) is 0 Å². The van der Waals surface area contributed by atoms with Crippen molar-refractivity contribution in [3.8, 4) is 0 Å². The molecule has 0 bridgehead atoms. The molecule has 1 N–H and O–H groups in total. The van der Waals surface area contributed by atoms with Gasteiger partial charge >= 0.3 is 6.03 Å². The number of piperidine rings is 2. The number of carbonyl (C=O) groups excluding carboxylic acids is 3. The second kappa shape index (κ2) is 10.8. The smallest absolute Gasteiger partial charge is 0.319 e. The molecular weight excluding hydrogens is 404 g/mol. The summed E-state index contributed by atoms with van der Waals surface area (Å²) in [4.78, 5) is 43.9. The van der Waals surface area contributed by atoms with Gasteiger partial charge in [-0.25, -0.2) is 4.79 Å². The SMILES string of the molecule is CCN(CC)C(=O)N1CCC(C(=O)Nc2ccc(C(=O)N3CCCCC3C)cc2C)CC1. The zero-order valence-corrected chi connectivity index (χ0v) is 20.0. The molecule has 0 radical (unpaired) electrons. The summed E-state index contributed by atoms with van der Waals surface area (Å²) in [5, 5.41) is 3.05. The van der Waals surface area contributed by atoms with E-state index in [1.807, 2.05) is 53.7 Å². The standard InChI is InChI=1S/C25H38N4O3/c1-5-27(6-2)25(32)28-15-12-20(13-16-28)23(30)26-22-11-10-21(17-18(22)3)24(31)29-14-8-7-9-19(29)4/h10-11,17,19-20H,5-9,12-16H2,1-4H3,(H,26,30).